The Morgan fingerprint density at radius 1 is 1.05 bits per heavy atom. The van der Waals surface area contributed by atoms with Gasteiger partial charge in [0.05, 0.1) is 19.1 Å². The quantitative estimate of drug-likeness (QED) is 0.334. The standard InChI is InChI=1S/C28H25N3O2.C2H4O2/c1-19-20(2)31(23-9-5-4-6-10-23)28(32)26(19)29-18-22-17-24-11-7-8-16-30(24)27(22)21-12-14-25(33-3)15-13-21;1-2(3)4/h4-16,18H,17H2,1-3H3;1H3,(H,3,4)/b29-18+;. The number of para-hydroxylation sites is 1. The number of carboxylic acids is 1. The molecule has 3 heterocycles. The lowest BCUT2D eigenvalue weighted by molar-refractivity contribution is -0.582. The van der Waals surface area contributed by atoms with Crippen LogP contribution < -0.4 is 14.4 Å². The fraction of sp³-hybridized carbons (Fsp3) is 0.167. The van der Waals surface area contributed by atoms with E-state index < -0.39 is 5.97 Å². The second-order valence-corrected chi connectivity index (χ2v) is 8.64. The van der Waals surface area contributed by atoms with Gasteiger partial charge in [0.25, 0.3) is 0 Å². The summed E-state index contributed by atoms with van der Waals surface area (Å²) in [5, 5.41) is 19.9. The molecule has 0 fully saturated rings. The SMILES string of the molecule is CC(=O)[O-].COc1ccc(C2=C(/C=N/c3c(C)c(C)n(-c4ccccc4)c3O)Cc3cccc[n+]32)cc1. The molecule has 1 aliphatic heterocycles. The minimum Gasteiger partial charge on any atom is -0.550 e. The highest BCUT2D eigenvalue weighted by atomic mass is 16.5. The fourth-order valence-electron chi connectivity index (χ4n) is 4.42. The van der Waals surface area contributed by atoms with Crippen molar-refractivity contribution in [3.8, 4) is 17.3 Å². The lowest BCUT2D eigenvalue weighted by atomic mass is 10.1. The number of hydrogen-bond acceptors (Lipinski definition) is 5. The number of hydrogen-bond donors (Lipinski definition) is 1. The average Bonchev–Trinajstić information content (AvgIpc) is 3.37. The van der Waals surface area contributed by atoms with Crippen LogP contribution in [-0.2, 0) is 11.2 Å². The largest absolute Gasteiger partial charge is 0.550 e. The number of pyridine rings is 1. The van der Waals surface area contributed by atoms with Gasteiger partial charge in [-0.3, -0.25) is 9.56 Å². The summed E-state index contributed by atoms with van der Waals surface area (Å²) in [4.78, 5) is 13.7. The van der Waals surface area contributed by atoms with E-state index in [-0.39, 0.29) is 5.88 Å². The van der Waals surface area contributed by atoms with Gasteiger partial charge in [-0.2, -0.15) is 4.57 Å². The van der Waals surface area contributed by atoms with Crippen LogP contribution in [0.4, 0.5) is 5.69 Å². The van der Waals surface area contributed by atoms with Gasteiger partial charge >= 0.3 is 0 Å². The maximum absolute atomic E-state index is 11.0. The molecule has 188 valence electrons. The maximum Gasteiger partial charge on any atom is 0.223 e. The summed E-state index contributed by atoms with van der Waals surface area (Å²) in [6.07, 6.45) is 4.74. The molecule has 0 aliphatic carbocycles. The number of carbonyl (C=O) groups is 1. The van der Waals surface area contributed by atoms with E-state index in [1.54, 1.807) is 7.11 Å². The summed E-state index contributed by atoms with van der Waals surface area (Å²) in [5.74, 6) is -0.105. The zero-order valence-electron chi connectivity index (χ0n) is 21.3. The summed E-state index contributed by atoms with van der Waals surface area (Å²) in [7, 11) is 1.67. The van der Waals surface area contributed by atoms with E-state index >= 15 is 0 Å². The van der Waals surface area contributed by atoms with E-state index in [9.17, 15) is 5.11 Å². The number of carboxylic acid groups (broad SMARTS) is 1. The normalized spacial score (nSPS) is 12.3. The van der Waals surface area contributed by atoms with Crippen LogP contribution in [0.5, 0.6) is 11.6 Å². The minimum atomic E-state index is -1.08. The molecule has 0 bridgehead atoms. The number of ether oxygens (including phenoxy) is 1. The summed E-state index contributed by atoms with van der Waals surface area (Å²) in [6, 6.07) is 24.1. The topological polar surface area (TPSA) is 90.8 Å². The highest BCUT2D eigenvalue weighted by molar-refractivity contribution is 5.92. The van der Waals surface area contributed by atoms with Crippen molar-refractivity contribution in [2.45, 2.75) is 27.2 Å². The van der Waals surface area contributed by atoms with Gasteiger partial charge in [-0.25, -0.2) is 0 Å². The van der Waals surface area contributed by atoms with Crippen molar-refractivity contribution in [1.82, 2.24) is 4.57 Å². The first-order valence-electron chi connectivity index (χ1n) is 11.9. The molecule has 7 heteroatoms. The summed E-state index contributed by atoms with van der Waals surface area (Å²) in [5.41, 5.74) is 7.91. The second-order valence-electron chi connectivity index (χ2n) is 8.64. The predicted molar refractivity (Wildman–Crippen MR) is 141 cm³/mol. The molecule has 0 saturated heterocycles. The van der Waals surface area contributed by atoms with Gasteiger partial charge < -0.3 is 19.7 Å². The van der Waals surface area contributed by atoms with E-state index in [0.717, 1.165) is 52.9 Å². The number of carbonyl (C=O) groups excluding carboxylic acids is 1. The van der Waals surface area contributed by atoms with Crippen LogP contribution in [0.25, 0.3) is 11.4 Å². The van der Waals surface area contributed by atoms with Gasteiger partial charge in [0, 0.05) is 41.3 Å². The molecule has 0 amide bonds. The van der Waals surface area contributed by atoms with Crippen molar-refractivity contribution in [2.24, 2.45) is 4.99 Å². The maximum atomic E-state index is 11.0. The first-order chi connectivity index (χ1) is 17.8. The molecule has 2 aromatic heterocycles. The van der Waals surface area contributed by atoms with E-state index in [1.807, 2.05) is 73.2 Å². The Morgan fingerprint density at radius 3 is 2.35 bits per heavy atom. The number of fused-ring (bicyclic) bond motifs is 1. The second kappa shape index (κ2) is 11.0. The smallest absolute Gasteiger partial charge is 0.223 e. The minimum absolute atomic E-state index is 0.155. The molecule has 5 rings (SSSR count). The number of nitrogens with zero attached hydrogens (tertiary/aromatic N) is 3. The highest BCUT2D eigenvalue weighted by Gasteiger charge is 2.30. The number of benzene rings is 2. The van der Waals surface area contributed by atoms with E-state index in [2.05, 4.69) is 35.0 Å². The van der Waals surface area contributed by atoms with Crippen LogP contribution >= 0.6 is 0 Å². The number of aromatic nitrogens is 2. The molecule has 7 nitrogen and oxygen atoms in total. The Balaban J connectivity index is 0.000000747. The van der Waals surface area contributed by atoms with Crippen LogP contribution in [0.1, 0.15) is 29.4 Å². The van der Waals surface area contributed by atoms with Crippen LogP contribution in [-0.4, -0.2) is 29.0 Å². The first-order valence-corrected chi connectivity index (χ1v) is 11.9. The zero-order valence-corrected chi connectivity index (χ0v) is 21.3. The number of methoxy groups -OCH3 is 1. The van der Waals surface area contributed by atoms with Crippen LogP contribution in [0.3, 0.4) is 0 Å². The van der Waals surface area contributed by atoms with Crippen LogP contribution in [0, 0.1) is 13.8 Å². The molecule has 0 spiro atoms. The molecule has 0 saturated carbocycles. The van der Waals surface area contributed by atoms with Gasteiger partial charge in [-0.05, 0) is 62.7 Å². The fourth-order valence-corrected chi connectivity index (χ4v) is 4.42. The van der Waals surface area contributed by atoms with Gasteiger partial charge in [0.15, 0.2) is 11.9 Å². The zero-order chi connectivity index (χ0) is 26.5. The van der Waals surface area contributed by atoms with E-state index in [1.165, 1.54) is 5.69 Å². The third kappa shape index (κ3) is 5.30. The van der Waals surface area contributed by atoms with Gasteiger partial charge in [0.1, 0.15) is 11.4 Å². The molecule has 4 aromatic rings. The van der Waals surface area contributed by atoms with Crippen molar-refractivity contribution in [3.05, 3.63) is 107 Å². The van der Waals surface area contributed by atoms with Crippen molar-refractivity contribution in [1.29, 1.82) is 0 Å². The monoisotopic (exact) mass is 495 g/mol. The highest BCUT2D eigenvalue weighted by Crippen LogP contribution is 2.38. The van der Waals surface area contributed by atoms with E-state index in [4.69, 9.17) is 19.6 Å². The summed E-state index contributed by atoms with van der Waals surface area (Å²) < 4.78 is 9.38. The number of aliphatic carboxylic acids is 1. The Morgan fingerprint density at radius 2 is 1.70 bits per heavy atom. The van der Waals surface area contributed by atoms with Gasteiger partial charge in [-0.15, -0.1) is 0 Å². The molecule has 0 radical (unpaired) electrons. The Bertz CT molecular complexity index is 1480. The van der Waals surface area contributed by atoms with Crippen molar-refractivity contribution in [2.75, 3.05) is 7.11 Å². The molecule has 0 atom stereocenters. The molecular weight excluding hydrogens is 466 g/mol. The number of aliphatic imine (C=N–C) groups is 1. The van der Waals surface area contributed by atoms with Crippen LogP contribution in [0.2, 0.25) is 0 Å². The van der Waals surface area contributed by atoms with Gasteiger partial charge in [-0.1, -0.05) is 24.3 Å². The van der Waals surface area contributed by atoms with E-state index in [0.29, 0.717) is 5.69 Å². The first kappa shape index (κ1) is 25.4. The van der Waals surface area contributed by atoms with Crippen LogP contribution in [0.15, 0.2) is 89.6 Å². The number of aromatic hydroxyl groups is 1. The lowest BCUT2D eigenvalue weighted by Gasteiger charge is -2.07. The molecule has 2 aromatic carbocycles. The van der Waals surface area contributed by atoms with Crippen molar-refractivity contribution >= 4 is 23.6 Å². The third-order valence-electron chi connectivity index (χ3n) is 6.25. The molecular formula is C30H29N3O4. The lowest BCUT2D eigenvalue weighted by Crippen LogP contribution is -2.33. The third-order valence-corrected chi connectivity index (χ3v) is 6.25. The summed E-state index contributed by atoms with van der Waals surface area (Å²) >= 11 is 0. The molecule has 1 N–H and O–H groups in total. The van der Waals surface area contributed by atoms with Crippen molar-refractivity contribution in [3.63, 3.8) is 0 Å². The summed E-state index contributed by atoms with van der Waals surface area (Å²) in [6.45, 7) is 4.97. The Kier molecular flexibility index (Phi) is 7.53. The molecule has 0 unspecified atom stereocenters. The molecule has 1 aliphatic rings. The number of rotatable bonds is 5. The van der Waals surface area contributed by atoms with Gasteiger partial charge in [0.2, 0.25) is 11.6 Å². The number of allylic oxidation sites excluding steroid dienone is 1. The Hall–Kier alpha value is -4.65. The van der Waals surface area contributed by atoms with Crippen molar-refractivity contribution < 1.29 is 24.3 Å². The predicted octanol–water partition coefficient (Wildman–Crippen LogP) is 4.07. The average molecular weight is 496 g/mol. The molecule has 37 heavy (non-hydrogen) atoms. The Labute approximate surface area is 216 Å².